The predicted octanol–water partition coefficient (Wildman–Crippen LogP) is 4.27. The van der Waals surface area contributed by atoms with Crippen LogP contribution in [0.3, 0.4) is 0 Å². The molecule has 150 valence electrons. The number of rotatable bonds is 4. The molecule has 0 fully saturated rings. The first kappa shape index (κ1) is 19.7. The fraction of sp³-hybridized carbons (Fsp3) is 0.500. The number of nitrogens with zero attached hydrogens (tertiary/aromatic N) is 2. The summed E-state index contributed by atoms with van der Waals surface area (Å²) in [5, 5.41) is 10.1. The third-order valence-electron chi connectivity index (χ3n) is 5.60. The number of fused-ring (bicyclic) bond motifs is 2. The Bertz CT molecular complexity index is 933. The second-order valence-corrected chi connectivity index (χ2v) is 10.3. The minimum absolute atomic E-state index is 0.374. The molecule has 0 saturated carbocycles. The Kier molecular flexibility index (Phi) is 5.39. The molecule has 0 saturated heterocycles. The number of ether oxygens (including phenoxy) is 1. The van der Waals surface area contributed by atoms with E-state index in [0.717, 1.165) is 53.4 Å². The van der Waals surface area contributed by atoms with Crippen LogP contribution in [0.1, 0.15) is 54.0 Å². The van der Waals surface area contributed by atoms with Crippen LogP contribution in [0.5, 0.6) is 0 Å². The number of anilines is 1. The molecule has 2 aliphatic carbocycles. The Morgan fingerprint density at radius 2 is 1.89 bits per heavy atom. The normalized spacial score (nSPS) is 16.9. The smallest absolute Gasteiger partial charge is 0.352 e. The predicted molar refractivity (Wildman–Crippen MR) is 114 cm³/mol. The number of carbonyl (C=O) groups is 1. The minimum Gasteiger partial charge on any atom is -0.372 e. The van der Waals surface area contributed by atoms with E-state index in [1.165, 1.54) is 33.6 Å². The van der Waals surface area contributed by atoms with Crippen molar-refractivity contribution in [2.24, 2.45) is 9.50 Å². The summed E-state index contributed by atoms with van der Waals surface area (Å²) >= 11 is 1.44. The summed E-state index contributed by atoms with van der Waals surface area (Å²) in [5.74, 6) is 0. The molecule has 3 N–H and O–H groups in total. The highest BCUT2D eigenvalue weighted by Gasteiger charge is 2.26. The number of urea groups is 1. The van der Waals surface area contributed by atoms with Gasteiger partial charge in [-0.1, -0.05) is 6.07 Å². The van der Waals surface area contributed by atoms with Gasteiger partial charge in [0.25, 0.3) is 0 Å². The van der Waals surface area contributed by atoms with Gasteiger partial charge in [-0.05, 0) is 74.6 Å². The van der Waals surface area contributed by atoms with Crippen molar-refractivity contribution in [3.8, 4) is 0 Å². The lowest BCUT2D eigenvalue weighted by atomic mass is 9.99. The fourth-order valence-corrected chi connectivity index (χ4v) is 5.85. The van der Waals surface area contributed by atoms with E-state index in [1.54, 1.807) is 13.3 Å². The Morgan fingerprint density at radius 3 is 2.50 bits per heavy atom. The second kappa shape index (κ2) is 7.67. The van der Waals surface area contributed by atoms with Crippen LogP contribution in [0.15, 0.2) is 20.8 Å². The standard InChI is InChI=1S/C20H26N4O2S2/c1-20(2,26-3)18-22-11-16(27-18)28(21)24-19(25)23-17-14-8-4-6-12(14)10-13-7-5-9-15(13)17/h10-11H,4-9H2,1-3H3,(H3,21,23,24,25). The van der Waals surface area contributed by atoms with Crippen LogP contribution < -0.4 is 10.5 Å². The van der Waals surface area contributed by atoms with Crippen LogP contribution >= 0.6 is 11.3 Å². The summed E-state index contributed by atoms with van der Waals surface area (Å²) in [6.07, 6.45) is 8.24. The van der Waals surface area contributed by atoms with Gasteiger partial charge < -0.3 is 10.1 Å². The molecule has 2 aliphatic rings. The van der Waals surface area contributed by atoms with Crippen molar-refractivity contribution in [3.05, 3.63) is 39.5 Å². The quantitative estimate of drug-likeness (QED) is 0.776. The van der Waals surface area contributed by atoms with Crippen LogP contribution in [0, 0.1) is 0 Å². The number of nitrogens with two attached hydrogens (primary N) is 1. The second-order valence-electron chi connectivity index (χ2n) is 7.77. The van der Waals surface area contributed by atoms with Crippen molar-refractivity contribution in [1.29, 1.82) is 0 Å². The van der Waals surface area contributed by atoms with Crippen molar-refractivity contribution in [1.82, 2.24) is 4.98 Å². The number of hydrogen-bond acceptors (Lipinski definition) is 4. The van der Waals surface area contributed by atoms with Crippen molar-refractivity contribution in [2.75, 3.05) is 12.4 Å². The Morgan fingerprint density at radius 1 is 1.25 bits per heavy atom. The summed E-state index contributed by atoms with van der Waals surface area (Å²) < 4.78 is 10.4. The molecule has 2 amide bonds. The van der Waals surface area contributed by atoms with Gasteiger partial charge in [0.1, 0.15) is 14.8 Å². The van der Waals surface area contributed by atoms with Gasteiger partial charge in [0.15, 0.2) is 0 Å². The maximum absolute atomic E-state index is 12.7. The van der Waals surface area contributed by atoms with E-state index in [9.17, 15) is 4.79 Å². The van der Waals surface area contributed by atoms with E-state index >= 15 is 0 Å². The molecule has 1 unspecified atom stereocenters. The third-order valence-corrected chi connectivity index (χ3v) is 8.34. The zero-order valence-corrected chi connectivity index (χ0v) is 18.1. The number of amides is 2. The lowest BCUT2D eigenvalue weighted by Crippen LogP contribution is -2.18. The Balaban J connectivity index is 1.57. The lowest BCUT2D eigenvalue weighted by Gasteiger charge is -2.19. The van der Waals surface area contributed by atoms with Crippen LogP contribution in [-0.4, -0.2) is 18.1 Å². The molecule has 1 heterocycles. The summed E-state index contributed by atoms with van der Waals surface area (Å²) in [5.41, 5.74) is 5.87. The Labute approximate surface area is 172 Å². The average Bonchev–Trinajstić information content (AvgIpc) is 3.41. The molecule has 28 heavy (non-hydrogen) atoms. The topological polar surface area (TPSA) is 89.6 Å². The van der Waals surface area contributed by atoms with Gasteiger partial charge in [-0.2, -0.15) is 4.36 Å². The number of aromatic nitrogens is 1. The number of carbonyl (C=O) groups excluding carboxylic acids is 1. The van der Waals surface area contributed by atoms with E-state index in [0.29, 0.717) is 0 Å². The van der Waals surface area contributed by atoms with E-state index in [2.05, 4.69) is 20.7 Å². The number of benzene rings is 1. The first-order valence-electron chi connectivity index (χ1n) is 9.58. The monoisotopic (exact) mass is 418 g/mol. The highest BCUT2D eigenvalue weighted by molar-refractivity contribution is 7.87. The van der Waals surface area contributed by atoms with Crippen molar-refractivity contribution >= 4 is 33.9 Å². The molecule has 0 bridgehead atoms. The first-order valence-corrected chi connectivity index (χ1v) is 11.6. The minimum atomic E-state index is -1.04. The first-order chi connectivity index (χ1) is 13.4. The van der Waals surface area contributed by atoms with Crippen LogP contribution in [0.2, 0.25) is 0 Å². The highest BCUT2D eigenvalue weighted by Crippen LogP contribution is 2.38. The van der Waals surface area contributed by atoms with Gasteiger partial charge in [-0.15, -0.1) is 11.3 Å². The molecule has 0 spiro atoms. The molecule has 2 aromatic rings. The number of nitrogens with one attached hydrogen (secondary N) is 1. The van der Waals surface area contributed by atoms with Crippen LogP contribution in [0.25, 0.3) is 0 Å². The van der Waals surface area contributed by atoms with Crippen LogP contribution in [-0.2, 0) is 46.9 Å². The maximum atomic E-state index is 12.7. The van der Waals surface area contributed by atoms with Crippen molar-refractivity contribution < 1.29 is 9.53 Å². The van der Waals surface area contributed by atoms with Gasteiger partial charge in [0.2, 0.25) is 0 Å². The van der Waals surface area contributed by atoms with Gasteiger partial charge in [0, 0.05) is 23.7 Å². The summed E-state index contributed by atoms with van der Waals surface area (Å²) in [7, 11) is 0.614. The van der Waals surface area contributed by atoms with Crippen molar-refractivity contribution in [2.45, 2.75) is 62.2 Å². The highest BCUT2D eigenvalue weighted by atomic mass is 32.2. The van der Waals surface area contributed by atoms with E-state index in [4.69, 9.17) is 9.88 Å². The average molecular weight is 419 g/mol. The number of methoxy groups -OCH3 is 1. The van der Waals surface area contributed by atoms with Gasteiger partial charge in [-0.3, -0.25) is 5.14 Å². The van der Waals surface area contributed by atoms with Gasteiger partial charge in [-0.25, -0.2) is 9.78 Å². The largest absolute Gasteiger partial charge is 0.372 e. The van der Waals surface area contributed by atoms with E-state index in [-0.39, 0.29) is 6.03 Å². The SMILES string of the molecule is COC(C)(C)c1ncc(/S(N)=N/C(=O)Nc2c3c(cc4c2CCC4)CCC3)s1. The van der Waals surface area contributed by atoms with Gasteiger partial charge in [0.05, 0.1) is 6.20 Å². The number of thiazole rings is 1. The molecule has 1 aromatic heterocycles. The fourth-order valence-electron chi connectivity index (χ4n) is 3.95. The molecule has 0 aliphatic heterocycles. The Hall–Kier alpha value is -1.61. The van der Waals surface area contributed by atoms with Crippen molar-refractivity contribution in [3.63, 3.8) is 0 Å². The zero-order valence-electron chi connectivity index (χ0n) is 16.5. The zero-order chi connectivity index (χ0) is 19.9. The number of hydrogen-bond donors (Lipinski definition) is 2. The molecular formula is C20H26N4O2S2. The summed E-state index contributed by atoms with van der Waals surface area (Å²) in [6, 6.07) is 1.97. The summed E-state index contributed by atoms with van der Waals surface area (Å²) in [4.78, 5) is 17.1. The van der Waals surface area contributed by atoms with E-state index < -0.39 is 16.5 Å². The number of aryl methyl sites for hydroxylation is 2. The molecular weight excluding hydrogens is 392 g/mol. The molecule has 6 nitrogen and oxygen atoms in total. The van der Waals surface area contributed by atoms with Crippen LogP contribution in [0.4, 0.5) is 10.5 Å². The molecule has 0 radical (unpaired) electrons. The molecule has 4 rings (SSSR count). The van der Waals surface area contributed by atoms with E-state index in [1.807, 2.05) is 13.8 Å². The molecule has 8 heteroatoms. The lowest BCUT2D eigenvalue weighted by molar-refractivity contribution is 0.0190. The third kappa shape index (κ3) is 3.66. The maximum Gasteiger partial charge on any atom is 0.352 e. The van der Waals surface area contributed by atoms with Gasteiger partial charge >= 0.3 is 6.03 Å². The molecule has 1 aromatic carbocycles. The molecule has 1 atom stereocenters. The summed E-state index contributed by atoms with van der Waals surface area (Å²) in [6.45, 7) is 3.90.